The van der Waals surface area contributed by atoms with Crippen LogP contribution in [0.5, 0.6) is 0 Å². The van der Waals surface area contributed by atoms with Crippen LogP contribution < -0.4 is 0 Å². The lowest BCUT2D eigenvalue weighted by Gasteiger charge is -2.51. The molecule has 2 N–H and O–H groups in total. The van der Waals surface area contributed by atoms with E-state index in [-0.39, 0.29) is 18.4 Å². The highest BCUT2D eigenvalue weighted by molar-refractivity contribution is 7.08. The van der Waals surface area contributed by atoms with Crippen molar-refractivity contribution in [1.82, 2.24) is 9.80 Å². The lowest BCUT2D eigenvalue weighted by atomic mass is 9.68. The Morgan fingerprint density at radius 1 is 1.38 bits per heavy atom. The molecule has 132 valence electrons. The summed E-state index contributed by atoms with van der Waals surface area (Å²) in [5, 5.41) is 20.4. The fraction of sp³-hybridized carbons (Fsp3) is 0.562. The molecule has 0 unspecified atom stereocenters. The van der Waals surface area contributed by atoms with Crippen LogP contribution in [0.15, 0.2) is 16.8 Å². The van der Waals surface area contributed by atoms with Crippen LogP contribution in [0, 0.1) is 5.41 Å². The molecule has 2 atom stereocenters. The van der Waals surface area contributed by atoms with E-state index in [4.69, 9.17) is 9.90 Å². The highest BCUT2D eigenvalue weighted by Gasteiger charge is 2.52. The van der Waals surface area contributed by atoms with E-state index in [1.807, 2.05) is 28.8 Å². The van der Waals surface area contributed by atoms with Gasteiger partial charge in [0.25, 0.3) is 12.4 Å². The Balaban J connectivity index is 0.000000647. The Bertz CT molecular complexity index is 591. The highest BCUT2D eigenvalue weighted by Crippen LogP contribution is 2.42. The molecule has 0 aliphatic carbocycles. The Morgan fingerprint density at radius 3 is 2.67 bits per heavy atom. The fourth-order valence-corrected chi connectivity index (χ4v) is 4.37. The Kier molecular flexibility index (Phi) is 5.95. The van der Waals surface area contributed by atoms with Gasteiger partial charge in [-0.25, -0.2) is 0 Å². The minimum absolute atomic E-state index is 0.0224. The number of likely N-dealkylation sites (N-methyl/N-ethyl adjacent to an activating group) is 1. The zero-order chi connectivity index (χ0) is 17.7. The normalized spacial score (nSPS) is 26.7. The molecule has 0 saturated carbocycles. The summed E-state index contributed by atoms with van der Waals surface area (Å²) in [5.41, 5.74) is 0.0274. The van der Waals surface area contributed by atoms with Gasteiger partial charge in [0.05, 0.1) is 11.0 Å². The van der Waals surface area contributed by atoms with Gasteiger partial charge < -0.3 is 20.0 Å². The molecule has 3 heterocycles. The molecule has 2 saturated heterocycles. The summed E-state index contributed by atoms with van der Waals surface area (Å²) >= 11 is 1.51. The molecule has 2 fully saturated rings. The smallest absolute Gasteiger partial charge is 0.311 e. The van der Waals surface area contributed by atoms with Crippen LogP contribution >= 0.6 is 11.3 Å². The molecular formula is C16H22N2O5S. The van der Waals surface area contributed by atoms with Gasteiger partial charge in [-0.2, -0.15) is 11.3 Å². The van der Waals surface area contributed by atoms with E-state index >= 15 is 0 Å². The molecule has 1 aromatic heterocycles. The molecule has 2 aliphatic rings. The summed E-state index contributed by atoms with van der Waals surface area (Å²) in [7, 11) is 1.97. The van der Waals surface area contributed by atoms with Crippen LogP contribution in [-0.4, -0.2) is 71.1 Å². The number of amides is 1. The zero-order valence-corrected chi connectivity index (χ0v) is 14.4. The molecular weight excluding hydrogens is 332 g/mol. The number of nitrogens with zero attached hydrogens (tertiary/aromatic N) is 2. The second kappa shape index (κ2) is 7.76. The summed E-state index contributed by atoms with van der Waals surface area (Å²) in [6, 6.07) is 1.75. The van der Waals surface area contributed by atoms with Gasteiger partial charge in [0, 0.05) is 24.5 Å². The molecule has 2 aliphatic heterocycles. The number of thiophene rings is 1. The summed E-state index contributed by atoms with van der Waals surface area (Å²) in [6.45, 7) is 1.70. The first-order valence-corrected chi connectivity index (χ1v) is 8.73. The molecule has 0 aromatic carbocycles. The molecule has 3 rings (SSSR count). The number of carbonyl (C=O) groups is 3. The van der Waals surface area contributed by atoms with Crippen molar-refractivity contribution in [3.8, 4) is 0 Å². The first-order valence-electron chi connectivity index (χ1n) is 7.79. The lowest BCUT2D eigenvalue weighted by Crippen LogP contribution is -2.63. The van der Waals surface area contributed by atoms with Crippen LogP contribution in [-0.2, 0) is 9.59 Å². The van der Waals surface area contributed by atoms with Crippen molar-refractivity contribution >= 4 is 29.7 Å². The van der Waals surface area contributed by atoms with Crippen molar-refractivity contribution in [2.45, 2.75) is 25.3 Å². The predicted molar refractivity (Wildman–Crippen MR) is 89.3 cm³/mol. The summed E-state index contributed by atoms with van der Waals surface area (Å²) in [5.74, 6) is -0.684. The molecule has 8 heteroatoms. The maximum Gasteiger partial charge on any atom is 0.311 e. The van der Waals surface area contributed by atoms with Crippen molar-refractivity contribution in [3.63, 3.8) is 0 Å². The molecule has 7 nitrogen and oxygen atoms in total. The number of aliphatic carboxylic acids is 1. The van der Waals surface area contributed by atoms with Crippen LogP contribution in [0.1, 0.15) is 29.6 Å². The van der Waals surface area contributed by atoms with Gasteiger partial charge in [-0.15, -0.1) is 0 Å². The molecule has 1 aromatic rings. The third-order valence-electron chi connectivity index (χ3n) is 5.01. The quantitative estimate of drug-likeness (QED) is 0.780. The van der Waals surface area contributed by atoms with Gasteiger partial charge in [-0.3, -0.25) is 14.4 Å². The monoisotopic (exact) mass is 354 g/mol. The first kappa shape index (κ1) is 18.4. The number of rotatable bonds is 2. The van der Waals surface area contributed by atoms with E-state index in [0.29, 0.717) is 25.1 Å². The fourth-order valence-electron chi connectivity index (χ4n) is 3.74. The number of fused-ring (bicyclic) bond motifs is 1. The summed E-state index contributed by atoms with van der Waals surface area (Å²) in [6.07, 6.45) is 2.18. The van der Waals surface area contributed by atoms with Gasteiger partial charge in [-0.1, -0.05) is 0 Å². The van der Waals surface area contributed by atoms with Crippen molar-refractivity contribution in [2.75, 3.05) is 26.7 Å². The second-order valence-electron chi connectivity index (χ2n) is 6.18. The van der Waals surface area contributed by atoms with E-state index in [9.17, 15) is 14.7 Å². The highest BCUT2D eigenvalue weighted by atomic mass is 32.1. The zero-order valence-electron chi connectivity index (χ0n) is 13.6. The van der Waals surface area contributed by atoms with E-state index in [2.05, 4.69) is 4.90 Å². The summed E-state index contributed by atoms with van der Waals surface area (Å²) < 4.78 is 0. The van der Waals surface area contributed by atoms with Crippen molar-refractivity contribution < 1.29 is 24.6 Å². The van der Waals surface area contributed by atoms with Crippen molar-refractivity contribution in [2.24, 2.45) is 5.41 Å². The summed E-state index contributed by atoms with van der Waals surface area (Å²) in [4.78, 5) is 36.6. The molecule has 0 radical (unpaired) electrons. The van der Waals surface area contributed by atoms with Crippen LogP contribution in [0.4, 0.5) is 0 Å². The van der Waals surface area contributed by atoms with E-state index in [1.54, 1.807) is 0 Å². The largest absolute Gasteiger partial charge is 0.483 e. The number of carboxylic acids is 1. The van der Waals surface area contributed by atoms with Gasteiger partial charge >= 0.3 is 5.97 Å². The molecule has 1 amide bonds. The SMILES string of the molecule is CN1CCC[C@]2(C(=O)O)CCN(C(=O)c3ccsc3)C[C@@H]12.O=CO. The minimum atomic E-state index is -0.707. The van der Waals surface area contributed by atoms with Gasteiger partial charge in [0.15, 0.2) is 0 Å². The number of hydrogen-bond donors (Lipinski definition) is 2. The second-order valence-corrected chi connectivity index (χ2v) is 6.96. The number of carboxylic acid groups (broad SMARTS) is 2. The number of likely N-dealkylation sites (tertiary alicyclic amines) is 2. The Labute approximate surface area is 144 Å². The Morgan fingerprint density at radius 2 is 2.08 bits per heavy atom. The molecule has 0 spiro atoms. The van der Waals surface area contributed by atoms with E-state index in [1.165, 1.54) is 11.3 Å². The average molecular weight is 354 g/mol. The number of piperidine rings is 2. The van der Waals surface area contributed by atoms with Crippen LogP contribution in [0.2, 0.25) is 0 Å². The van der Waals surface area contributed by atoms with Gasteiger partial charge in [-0.05, 0) is 44.3 Å². The maximum absolute atomic E-state index is 12.5. The molecule has 0 bridgehead atoms. The van der Waals surface area contributed by atoms with E-state index in [0.717, 1.165) is 19.4 Å². The van der Waals surface area contributed by atoms with E-state index < -0.39 is 11.4 Å². The number of hydrogen-bond acceptors (Lipinski definition) is 5. The Hall–Kier alpha value is -1.93. The predicted octanol–water partition coefficient (Wildman–Crippen LogP) is 1.46. The molecule has 24 heavy (non-hydrogen) atoms. The van der Waals surface area contributed by atoms with Crippen molar-refractivity contribution in [3.05, 3.63) is 22.4 Å². The van der Waals surface area contributed by atoms with Gasteiger partial charge in [0.2, 0.25) is 0 Å². The van der Waals surface area contributed by atoms with Crippen LogP contribution in [0.25, 0.3) is 0 Å². The third kappa shape index (κ3) is 3.44. The first-order chi connectivity index (χ1) is 11.5. The van der Waals surface area contributed by atoms with Crippen LogP contribution in [0.3, 0.4) is 0 Å². The van der Waals surface area contributed by atoms with Crippen molar-refractivity contribution in [1.29, 1.82) is 0 Å². The maximum atomic E-state index is 12.5. The minimum Gasteiger partial charge on any atom is -0.483 e. The topological polar surface area (TPSA) is 98.2 Å². The average Bonchev–Trinajstić information content (AvgIpc) is 3.09. The lowest BCUT2D eigenvalue weighted by molar-refractivity contribution is -0.161. The standard InChI is InChI=1S/C15H20N2O3S.CH2O2/c1-16-6-2-4-15(14(19)20)5-7-17(9-12(15)16)13(18)11-3-8-21-10-11;2-1-3/h3,8,10,12H,2,4-7,9H2,1H3,(H,19,20);1H,(H,2,3)/t12-,15+;/m1./s1. The third-order valence-corrected chi connectivity index (χ3v) is 5.69. The number of carbonyl (C=O) groups excluding carboxylic acids is 1. The van der Waals surface area contributed by atoms with Gasteiger partial charge in [0.1, 0.15) is 0 Å².